The number of imide groups is 1. The van der Waals surface area contributed by atoms with Gasteiger partial charge in [-0.3, -0.25) is 9.69 Å². The first kappa shape index (κ1) is 12.0. The third-order valence-corrected chi connectivity index (χ3v) is 3.19. The summed E-state index contributed by atoms with van der Waals surface area (Å²) < 4.78 is 0. The normalized spacial score (nSPS) is 28.5. The maximum Gasteiger partial charge on any atom is 0.325 e. The van der Waals surface area contributed by atoms with E-state index in [0.29, 0.717) is 0 Å². The highest BCUT2D eigenvalue weighted by Crippen LogP contribution is 2.26. The first-order valence-corrected chi connectivity index (χ1v) is 5.20. The Hall–Kier alpha value is -1.10. The molecule has 0 radical (unpaired) electrons. The molecule has 1 rings (SSSR count). The van der Waals surface area contributed by atoms with Crippen LogP contribution in [-0.4, -0.2) is 35.0 Å². The molecule has 3 amide bonds. The Balaban J connectivity index is 2.98. The van der Waals surface area contributed by atoms with Crippen LogP contribution in [0.15, 0.2) is 0 Å². The minimum Gasteiger partial charge on any atom is -0.328 e. The smallest absolute Gasteiger partial charge is 0.325 e. The van der Waals surface area contributed by atoms with E-state index in [-0.39, 0.29) is 30.4 Å². The molecule has 2 atom stereocenters. The lowest BCUT2D eigenvalue weighted by Gasteiger charge is -2.27. The molecule has 0 aromatic rings. The summed E-state index contributed by atoms with van der Waals surface area (Å²) in [6, 6.07) is -0.591. The van der Waals surface area contributed by atoms with Crippen LogP contribution in [0.3, 0.4) is 0 Å². The van der Waals surface area contributed by atoms with Gasteiger partial charge in [-0.05, 0) is 19.8 Å². The van der Waals surface area contributed by atoms with Crippen LogP contribution in [0.25, 0.3) is 0 Å². The number of hydrogen-bond donors (Lipinski definition) is 2. The Bertz CT molecular complexity index is 290. The number of carbonyl (C=O) groups excluding carboxylic acids is 2. The van der Waals surface area contributed by atoms with Crippen molar-refractivity contribution in [2.75, 3.05) is 6.54 Å². The third kappa shape index (κ3) is 1.71. The topological polar surface area (TPSA) is 75.4 Å². The number of amides is 3. The highest BCUT2D eigenvalue weighted by Gasteiger charge is 2.50. The van der Waals surface area contributed by atoms with Crippen molar-refractivity contribution < 1.29 is 9.59 Å². The van der Waals surface area contributed by atoms with Gasteiger partial charge in [0.05, 0.1) is 6.04 Å². The van der Waals surface area contributed by atoms with Crippen molar-refractivity contribution in [3.05, 3.63) is 0 Å². The zero-order valence-corrected chi connectivity index (χ0v) is 9.70. The quantitative estimate of drug-likeness (QED) is 0.662. The van der Waals surface area contributed by atoms with Crippen LogP contribution in [0.2, 0.25) is 0 Å². The van der Waals surface area contributed by atoms with Gasteiger partial charge in [0.25, 0.3) is 5.91 Å². The summed E-state index contributed by atoms with van der Waals surface area (Å²) in [7, 11) is 0. The van der Waals surface area contributed by atoms with E-state index < -0.39 is 5.54 Å². The second-order valence-electron chi connectivity index (χ2n) is 4.55. The standard InChI is InChI=1S/C10H19N3O2/c1-6(2)10(4)8(14)13(7(3)5-11)9(15)12-10/h6-7H,5,11H2,1-4H3,(H,12,15). The molecule has 0 spiro atoms. The first-order chi connectivity index (χ1) is 6.84. The molecular formula is C10H19N3O2. The SMILES string of the molecule is CC(CN)N1C(=O)NC(C)(C(C)C)C1=O. The summed E-state index contributed by atoms with van der Waals surface area (Å²) in [5, 5.41) is 2.73. The minimum absolute atomic E-state index is 0.0592. The van der Waals surface area contributed by atoms with Crippen molar-refractivity contribution in [3.63, 3.8) is 0 Å². The fourth-order valence-corrected chi connectivity index (χ4v) is 1.58. The van der Waals surface area contributed by atoms with Crippen LogP contribution < -0.4 is 11.1 Å². The molecule has 0 aromatic heterocycles. The first-order valence-electron chi connectivity index (χ1n) is 5.20. The summed E-state index contributed by atoms with van der Waals surface area (Å²) in [5.74, 6) is -0.121. The lowest BCUT2D eigenvalue weighted by Crippen LogP contribution is -2.49. The zero-order valence-electron chi connectivity index (χ0n) is 9.70. The minimum atomic E-state index is -0.791. The van der Waals surface area contributed by atoms with E-state index in [4.69, 9.17) is 5.73 Å². The summed E-state index contributed by atoms with van der Waals surface area (Å²) in [5.41, 5.74) is 4.68. The van der Waals surface area contributed by atoms with Gasteiger partial charge in [-0.1, -0.05) is 13.8 Å². The molecule has 0 saturated carbocycles. The van der Waals surface area contributed by atoms with Crippen LogP contribution >= 0.6 is 0 Å². The lowest BCUT2D eigenvalue weighted by atomic mass is 9.88. The van der Waals surface area contributed by atoms with Crippen LogP contribution in [-0.2, 0) is 4.79 Å². The number of nitrogens with two attached hydrogens (primary N) is 1. The van der Waals surface area contributed by atoms with Gasteiger partial charge in [0.2, 0.25) is 0 Å². The lowest BCUT2D eigenvalue weighted by molar-refractivity contribution is -0.133. The molecule has 1 saturated heterocycles. The zero-order chi connectivity index (χ0) is 11.8. The molecule has 0 bridgehead atoms. The number of hydrogen-bond acceptors (Lipinski definition) is 3. The largest absolute Gasteiger partial charge is 0.328 e. The fourth-order valence-electron chi connectivity index (χ4n) is 1.58. The maximum absolute atomic E-state index is 12.1. The van der Waals surface area contributed by atoms with Crippen LogP contribution in [0.4, 0.5) is 4.79 Å². The molecule has 2 unspecified atom stereocenters. The van der Waals surface area contributed by atoms with Crippen LogP contribution in [0.1, 0.15) is 27.7 Å². The molecule has 15 heavy (non-hydrogen) atoms. The molecule has 0 aromatic carbocycles. The Morgan fingerprint density at radius 2 is 1.93 bits per heavy atom. The van der Waals surface area contributed by atoms with E-state index in [9.17, 15) is 9.59 Å². The second kappa shape index (κ2) is 3.81. The molecule has 1 heterocycles. The number of rotatable bonds is 3. The van der Waals surface area contributed by atoms with Crippen molar-refractivity contribution >= 4 is 11.9 Å². The van der Waals surface area contributed by atoms with Gasteiger partial charge < -0.3 is 11.1 Å². The van der Waals surface area contributed by atoms with Gasteiger partial charge in [0.15, 0.2) is 0 Å². The summed E-state index contributed by atoms with van der Waals surface area (Å²) in [4.78, 5) is 24.9. The van der Waals surface area contributed by atoms with Gasteiger partial charge in [-0.25, -0.2) is 4.79 Å². The summed E-state index contributed by atoms with van der Waals surface area (Å²) in [6.07, 6.45) is 0. The molecule has 3 N–H and O–H groups in total. The molecule has 1 aliphatic rings. The van der Waals surface area contributed by atoms with Gasteiger partial charge >= 0.3 is 6.03 Å². The molecule has 1 fully saturated rings. The second-order valence-corrected chi connectivity index (χ2v) is 4.55. The predicted octanol–water partition coefficient (Wildman–Crippen LogP) is 0.300. The summed E-state index contributed by atoms with van der Waals surface area (Å²) >= 11 is 0. The average Bonchev–Trinajstić information content (AvgIpc) is 2.38. The van der Waals surface area contributed by atoms with E-state index in [1.54, 1.807) is 13.8 Å². The van der Waals surface area contributed by atoms with Gasteiger partial charge in [0, 0.05) is 6.54 Å². The summed E-state index contributed by atoms with van der Waals surface area (Å²) in [6.45, 7) is 7.63. The molecule has 5 nitrogen and oxygen atoms in total. The van der Waals surface area contributed by atoms with Crippen molar-refractivity contribution in [3.8, 4) is 0 Å². The van der Waals surface area contributed by atoms with E-state index in [2.05, 4.69) is 5.32 Å². The highest BCUT2D eigenvalue weighted by atomic mass is 16.2. The maximum atomic E-state index is 12.1. The molecule has 0 aliphatic carbocycles. The highest BCUT2D eigenvalue weighted by molar-refractivity contribution is 6.07. The Kier molecular flexibility index (Phi) is 3.04. The monoisotopic (exact) mass is 213 g/mol. The molecule has 5 heteroatoms. The van der Waals surface area contributed by atoms with Crippen LogP contribution in [0.5, 0.6) is 0 Å². The van der Waals surface area contributed by atoms with Crippen molar-refractivity contribution in [1.82, 2.24) is 10.2 Å². The number of carbonyl (C=O) groups is 2. The fraction of sp³-hybridized carbons (Fsp3) is 0.800. The van der Waals surface area contributed by atoms with E-state index in [0.717, 1.165) is 0 Å². The van der Waals surface area contributed by atoms with Crippen molar-refractivity contribution in [2.24, 2.45) is 11.7 Å². The Morgan fingerprint density at radius 1 is 1.40 bits per heavy atom. The van der Waals surface area contributed by atoms with Gasteiger partial charge in [0.1, 0.15) is 5.54 Å². The number of nitrogens with zero attached hydrogens (tertiary/aromatic N) is 1. The van der Waals surface area contributed by atoms with Crippen molar-refractivity contribution in [2.45, 2.75) is 39.3 Å². The van der Waals surface area contributed by atoms with E-state index in [1.807, 2.05) is 13.8 Å². The average molecular weight is 213 g/mol. The Morgan fingerprint density at radius 3 is 2.27 bits per heavy atom. The van der Waals surface area contributed by atoms with Crippen molar-refractivity contribution in [1.29, 1.82) is 0 Å². The predicted molar refractivity (Wildman–Crippen MR) is 57.1 cm³/mol. The molecule has 1 aliphatic heterocycles. The van der Waals surface area contributed by atoms with E-state index >= 15 is 0 Å². The van der Waals surface area contributed by atoms with Crippen LogP contribution in [0, 0.1) is 5.92 Å². The van der Waals surface area contributed by atoms with Gasteiger partial charge in [-0.15, -0.1) is 0 Å². The Labute approximate surface area is 90.0 Å². The third-order valence-electron chi connectivity index (χ3n) is 3.19. The van der Waals surface area contributed by atoms with E-state index in [1.165, 1.54) is 4.90 Å². The number of urea groups is 1. The molecule has 86 valence electrons. The van der Waals surface area contributed by atoms with Gasteiger partial charge in [-0.2, -0.15) is 0 Å². The molecular weight excluding hydrogens is 194 g/mol. The number of nitrogens with one attached hydrogen (secondary N) is 1.